The van der Waals surface area contributed by atoms with Crippen LogP contribution < -0.4 is 5.32 Å². The van der Waals surface area contributed by atoms with Crippen LogP contribution >= 0.6 is 0 Å². The zero-order chi connectivity index (χ0) is 29.0. The van der Waals surface area contributed by atoms with E-state index in [2.05, 4.69) is 22.1 Å². The van der Waals surface area contributed by atoms with Crippen molar-refractivity contribution in [2.75, 3.05) is 5.32 Å². The van der Waals surface area contributed by atoms with Crippen LogP contribution in [0.2, 0.25) is 0 Å². The lowest BCUT2D eigenvalue weighted by molar-refractivity contribution is 0.0926. The van der Waals surface area contributed by atoms with Crippen molar-refractivity contribution < 1.29 is 13.2 Å². The first kappa shape index (κ1) is 26.3. The summed E-state index contributed by atoms with van der Waals surface area (Å²) in [6.07, 6.45) is 6.08. The van der Waals surface area contributed by atoms with Crippen LogP contribution in [0.5, 0.6) is 0 Å². The summed E-state index contributed by atoms with van der Waals surface area (Å²) in [6, 6.07) is 19.4. The highest BCUT2D eigenvalue weighted by atomic mass is 19.1. The molecule has 2 N–H and O–H groups in total. The fraction of sp³-hybridized carbons (Fsp3) is 0.257. The summed E-state index contributed by atoms with van der Waals surface area (Å²) >= 11 is 0. The smallest absolute Gasteiger partial charge is 0.223 e. The Labute approximate surface area is 242 Å². The molecule has 8 rings (SSSR count). The van der Waals surface area contributed by atoms with Crippen LogP contribution in [0.4, 0.5) is 24.7 Å². The van der Waals surface area contributed by atoms with Gasteiger partial charge in [-0.1, -0.05) is 61.5 Å². The Kier molecular flexibility index (Phi) is 6.50. The molecule has 3 aliphatic carbocycles. The molecule has 0 radical (unpaired) electrons. The van der Waals surface area contributed by atoms with Crippen LogP contribution in [0, 0.1) is 41.8 Å². The Morgan fingerprint density at radius 2 is 1.55 bits per heavy atom. The monoisotopic (exact) mass is 562 g/mol. The van der Waals surface area contributed by atoms with E-state index in [1.54, 1.807) is 0 Å². The molecule has 0 spiro atoms. The maximum absolute atomic E-state index is 16.6. The average molecular weight is 563 g/mol. The van der Waals surface area contributed by atoms with E-state index in [1.807, 2.05) is 54.6 Å². The van der Waals surface area contributed by atoms with E-state index in [1.165, 1.54) is 25.1 Å². The van der Waals surface area contributed by atoms with Crippen molar-refractivity contribution in [3.63, 3.8) is 0 Å². The Morgan fingerprint density at radius 3 is 2.24 bits per heavy atom. The number of pyridine rings is 1. The van der Waals surface area contributed by atoms with Gasteiger partial charge in [-0.3, -0.25) is 0 Å². The number of nitrogens with one attached hydrogen (secondary N) is 2. The van der Waals surface area contributed by atoms with Gasteiger partial charge in [0, 0.05) is 34.8 Å². The van der Waals surface area contributed by atoms with Gasteiger partial charge in [0.1, 0.15) is 11.6 Å². The molecule has 4 nitrogen and oxygen atoms in total. The van der Waals surface area contributed by atoms with Gasteiger partial charge >= 0.3 is 0 Å². The minimum absolute atomic E-state index is 0.00528. The third-order valence-electron chi connectivity index (χ3n) is 9.40. The van der Waals surface area contributed by atoms with Gasteiger partial charge in [-0.25, -0.2) is 23.0 Å². The summed E-state index contributed by atoms with van der Waals surface area (Å²) < 4.78 is 45.6. The zero-order valence-corrected chi connectivity index (χ0v) is 23.1. The summed E-state index contributed by atoms with van der Waals surface area (Å²) in [5.41, 5.74) is 3.27. The van der Waals surface area contributed by atoms with Gasteiger partial charge in [-0.15, -0.1) is 0 Å². The van der Waals surface area contributed by atoms with E-state index in [4.69, 9.17) is 11.6 Å². The quantitative estimate of drug-likeness (QED) is 0.210. The zero-order valence-electron chi connectivity index (χ0n) is 23.1. The number of hydrogen-bond donors (Lipinski definition) is 2. The molecule has 0 amide bonds. The van der Waals surface area contributed by atoms with E-state index in [9.17, 15) is 8.78 Å². The highest BCUT2D eigenvalue weighted by Gasteiger charge is 2.42. The molecular formula is C35H29F3N4. The van der Waals surface area contributed by atoms with Gasteiger partial charge in [0.05, 0.1) is 17.8 Å². The van der Waals surface area contributed by atoms with Gasteiger partial charge in [0.15, 0.2) is 11.6 Å². The van der Waals surface area contributed by atoms with E-state index < -0.39 is 17.5 Å². The number of halogens is 3. The van der Waals surface area contributed by atoms with Crippen molar-refractivity contribution in [3.05, 3.63) is 102 Å². The molecule has 42 heavy (non-hydrogen) atoms. The molecule has 2 atom stereocenters. The Morgan fingerprint density at radius 1 is 0.881 bits per heavy atom. The first-order valence-electron chi connectivity index (χ1n) is 14.4. The Balaban J connectivity index is 1.42. The lowest BCUT2D eigenvalue weighted by atomic mass is 9.62. The average Bonchev–Trinajstić information content (AvgIpc) is 3.44. The number of rotatable bonds is 5. The number of hydrogen-bond acceptors (Lipinski definition) is 2. The molecule has 3 fully saturated rings. The van der Waals surface area contributed by atoms with E-state index >= 15 is 4.39 Å². The lowest BCUT2D eigenvalue weighted by Gasteiger charge is -2.47. The van der Waals surface area contributed by atoms with Crippen LogP contribution in [-0.4, -0.2) is 16.0 Å². The lowest BCUT2D eigenvalue weighted by Crippen LogP contribution is -2.47. The molecule has 2 unspecified atom stereocenters. The molecule has 3 aliphatic rings. The molecular weight excluding hydrogens is 533 g/mol. The number of aromatic nitrogens is 2. The molecule has 210 valence electrons. The fourth-order valence-corrected chi connectivity index (χ4v) is 7.18. The van der Waals surface area contributed by atoms with Crippen LogP contribution in [0.15, 0.2) is 72.9 Å². The molecule has 2 aromatic heterocycles. The van der Waals surface area contributed by atoms with Gasteiger partial charge < -0.3 is 10.3 Å². The van der Waals surface area contributed by atoms with Crippen molar-refractivity contribution in [1.82, 2.24) is 9.97 Å². The van der Waals surface area contributed by atoms with Gasteiger partial charge in [0.25, 0.3) is 0 Å². The largest absolute Gasteiger partial charge is 0.364 e. The number of benzene rings is 3. The van der Waals surface area contributed by atoms with E-state index in [0.717, 1.165) is 30.0 Å². The third-order valence-corrected chi connectivity index (χ3v) is 9.40. The maximum atomic E-state index is 16.6. The van der Waals surface area contributed by atoms with Crippen molar-refractivity contribution in [2.24, 2.45) is 17.8 Å². The first-order valence-corrected chi connectivity index (χ1v) is 14.4. The second kappa shape index (κ2) is 10.4. The summed E-state index contributed by atoms with van der Waals surface area (Å²) in [5, 5.41) is 3.70. The summed E-state index contributed by atoms with van der Waals surface area (Å²) in [7, 11) is 0. The summed E-state index contributed by atoms with van der Waals surface area (Å²) in [4.78, 5) is 11.3. The predicted octanol–water partition coefficient (Wildman–Crippen LogP) is 9.77. The van der Waals surface area contributed by atoms with Gasteiger partial charge in [0.2, 0.25) is 5.69 Å². The van der Waals surface area contributed by atoms with E-state index in [0.29, 0.717) is 28.9 Å². The minimum atomic E-state index is -0.746. The number of fused-ring (bicyclic) bond motifs is 4. The molecule has 2 heterocycles. The highest BCUT2D eigenvalue weighted by molar-refractivity contribution is 6.01. The second-order valence-corrected chi connectivity index (χ2v) is 11.6. The van der Waals surface area contributed by atoms with Crippen LogP contribution in [0.25, 0.3) is 49.3 Å². The normalized spacial score (nSPS) is 21.4. The SMILES string of the molecule is [C-]#[N+]c1c(-c2c[nH]c3c(F)cc(F)cc23)nc(NC2C3CCC(CC3)C2C)c(F)c1-c1ccc(-c2ccccc2)cc1. The van der Waals surface area contributed by atoms with Crippen LogP contribution in [0.3, 0.4) is 0 Å². The first-order chi connectivity index (χ1) is 20.4. The fourth-order valence-electron chi connectivity index (χ4n) is 7.18. The third kappa shape index (κ3) is 4.34. The van der Waals surface area contributed by atoms with E-state index in [-0.39, 0.29) is 39.7 Å². The predicted molar refractivity (Wildman–Crippen MR) is 161 cm³/mol. The Hall–Kier alpha value is -4.57. The standard InChI is InChI=1S/C35H29F3N4/c1-19-20-8-14-24(15-9-20)31(19)41-35-30(38)29(23-12-10-22(11-13-23)21-6-4-3-5-7-21)34(39-2)33(42-35)27-18-40-32-26(27)16-25(36)17-28(32)37/h3-7,10-13,16-20,24,31,40H,8-9,14-15H2,1H3,(H,41,42). The maximum Gasteiger partial charge on any atom is 0.223 e. The molecule has 0 aliphatic heterocycles. The highest BCUT2D eigenvalue weighted by Crippen LogP contribution is 2.48. The van der Waals surface area contributed by atoms with Crippen molar-refractivity contribution in [3.8, 4) is 33.5 Å². The van der Waals surface area contributed by atoms with Crippen molar-refractivity contribution in [1.29, 1.82) is 0 Å². The molecule has 3 aromatic carbocycles. The number of nitrogens with zero attached hydrogens (tertiary/aromatic N) is 2. The Bertz CT molecular complexity index is 1830. The minimum Gasteiger partial charge on any atom is -0.364 e. The molecule has 3 saturated carbocycles. The van der Waals surface area contributed by atoms with Crippen molar-refractivity contribution in [2.45, 2.75) is 38.6 Å². The molecule has 0 saturated heterocycles. The summed E-state index contributed by atoms with van der Waals surface area (Å²) in [5.74, 6) is -0.660. The van der Waals surface area contributed by atoms with Gasteiger partial charge in [-0.05, 0) is 66.2 Å². The molecule has 5 aromatic rings. The van der Waals surface area contributed by atoms with Crippen LogP contribution in [-0.2, 0) is 0 Å². The number of H-pyrrole nitrogens is 1. The number of anilines is 1. The summed E-state index contributed by atoms with van der Waals surface area (Å²) in [6.45, 7) is 10.3. The second-order valence-electron chi connectivity index (χ2n) is 11.6. The molecule has 2 bridgehead atoms. The topological polar surface area (TPSA) is 45.1 Å². The number of aromatic amines is 1. The molecule has 7 heteroatoms. The van der Waals surface area contributed by atoms with Gasteiger partial charge in [-0.2, -0.15) is 0 Å². The van der Waals surface area contributed by atoms with Crippen LogP contribution in [0.1, 0.15) is 32.6 Å². The van der Waals surface area contributed by atoms with Crippen molar-refractivity contribution >= 4 is 22.4 Å².